The molecule has 3 nitrogen and oxygen atoms in total. The Kier molecular flexibility index (Phi) is 4.22. The molecule has 0 fully saturated rings. The van der Waals surface area contributed by atoms with Crippen LogP contribution in [0.5, 0.6) is 11.5 Å². The molecule has 0 N–H and O–H groups in total. The molecular formula is C19H15ClO3. The Morgan fingerprint density at radius 2 is 1.48 bits per heavy atom. The van der Waals surface area contributed by atoms with E-state index in [1.54, 1.807) is 38.1 Å². The molecule has 0 aliphatic carbocycles. The number of ether oxygens (including phenoxy) is 1. The van der Waals surface area contributed by atoms with Crippen LogP contribution in [0.3, 0.4) is 0 Å². The van der Waals surface area contributed by atoms with E-state index in [4.69, 9.17) is 20.8 Å². The molecule has 0 atom stereocenters. The standard InChI is InChI=1S/C19H15ClO3/c1-12-11-18(21)19(13(2)22-12)14-3-7-16(8-4-14)23-17-9-5-15(20)6-10-17/h3-11H,1-2H3. The van der Waals surface area contributed by atoms with Gasteiger partial charge in [0, 0.05) is 11.1 Å². The van der Waals surface area contributed by atoms with E-state index in [0.717, 1.165) is 5.56 Å². The van der Waals surface area contributed by atoms with Crippen molar-refractivity contribution in [1.82, 2.24) is 0 Å². The van der Waals surface area contributed by atoms with Gasteiger partial charge in [0.25, 0.3) is 0 Å². The highest BCUT2D eigenvalue weighted by molar-refractivity contribution is 6.30. The highest BCUT2D eigenvalue weighted by Crippen LogP contribution is 2.27. The summed E-state index contributed by atoms with van der Waals surface area (Å²) in [5, 5.41) is 0.661. The first-order chi connectivity index (χ1) is 11.0. The molecule has 0 aliphatic rings. The summed E-state index contributed by atoms with van der Waals surface area (Å²) in [5.74, 6) is 2.61. The maximum Gasteiger partial charge on any atom is 0.193 e. The van der Waals surface area contributed by atoms with Gasteiger partial charge in [0.2, 0.25) is 0 Å². The summed E-state index contributed by atoms with van der Waals surface area (Å²) < 4.78 is 11.3. The SMILES string of the molecule is Cc1cc(=O)c(-c2ccc(Oc3ccc(Cl)cc3)cc2)c(C)o1. The van der Waals surface area contributed by atoms with Crippen molar-refractivity contribution in [2.45, 2.75) is 13.8 Å². The van der Waals surface area contributed by atoms with E-state index >= 15 is 0 Å². The Labute approximate surface area is 139 Å². The predicted molar refractivity (Wildman–Crippen MR) is 91.4 cm³/mol. The van der Waals surface area contributed by atoms with E-state index in [2.05, 4.69) is 0 Å². The second-order valence-corrected chi connectivity index (χ2v) is 5.67. The van der Waals surface area contributed by atoms with Crippen LogP contribution in [0.2, 0.25) is 5.02 Å². The molecule has 0 bridgehead atoms. The fraction of sp³-hybridized carbons (Fsp3) is 0.105. The second-order valence-electron chi connectivity index (χ2n) is 5.23. The molecule has 23 heavy (non-hydrogen) atoms. The van der Waals surface area contributed by atoms with Gasteiger partial charge >= 0.3 is 0 Å². The van der Waals surface area contributed by atoms with Gasteiger partial charge in [0.05, 0.1) is 5.56 Å². The third kappa shape index (κ3) is 3.46. The molecule has 1 aromatic heterocycles. The molecule has 0 amide bonds. The van der Waals surface area contributed by atoms with Crippen LogP contribution in [0.15, 0.2) is 63.8 Å². The van der Waals surface area contributed by atoms with E-state index < -0.39 is 0 Å². The molecule has 0 radical (unpaired) electrons. The largest absolute Gasteiger partial charge is 0.466 e. The Morgan fingerprint density at radius 3 is 2.04 bits per heavy atom. The minimum absolute atomic E-state index is 0.0439. The average Bonchev–Trinajstić information content (AvgIpc) is 2.50. The normalized spacial score (nSPS) is 10.6. The zero-order valence-electron chi connectivity index (χ0n) is 12.8. The van der Waals surface area contributed by atoms with Crippen LogP contribution < -0.4 is 10.2 Å². The fourth-order valence-electron chi connectivity index (χ4n) is 2.43. The number of benzene rings is 2. The van der Waals surface area contributed by atoms with Gasteiger partial charge in [0.15, 0.2) is 5.43 Å². The van der Waals surface area contributed by atoms with Gasteiger partial charge in [-0.05, 0) is 55.8 Å². The molecule has 0 aliphatic heterocycles. The zero-order valence-corrected chi connectivity index (χ0v) is 13.6. The Balaban J connectivity index is 1.88. The summed E-state index contributed by atoms with van der Waals surface area (Å²) in [7, 11) is 0. The van der Waals surface area contributed by atoms with Crippen molar-refractivity contribution < 1.29 is 9.15 Å². The average molecular weight is 327 g/mol. The first kappa shape index (κ1) is 15.4. The summed E-state index contributed by atoms with van der Waals surface area (Å²) >= 11 is 5.85. The van der Waals surface area contributed by atoms with Gasteiger partial charge in [-0.2, -0.15) is 0 Å². The van der Waals surface area contributed by atoms with E-state index in [1.807, 2.05) is 24.3 Å². The van der Waals surface area contributed by atoms with Gasteiger partial charge in [-0.3, -0.25) is 4.79 Å². The van der Waals surface area contributed by atoms with Gasteiger partial charge in [-0.15, -0.1) is 0 Å². The zero-order chi connectivity index (χ0) is 16.4. The Hall–Kier alpha value is -2.52. The molecule has 2 aromatic carbocycles. The van der Waals surface area contributed by atoms with Crippen molar-refractivity contribution in [3.8, 4) is 22.6 Å². The monoisotopic (exact) mass is 326 g/mol. The van der Waals surface area contributed by atoms with Crippen LogP contribution in [0, 0.1) is 13.8 Å². The van der Waals surface area contributed by atoms with Crippen molar-refractivity contribution in [3.63, 3.8) is 0 Å². The third-order valence-electron chi connectivity index (χ3n) is 3.44. The van der Waals surface area contributed by atoms with Crippen molar-refractivity contribution in [1.29, 1.82) is 0 Å². The maximum atomic E-state index is 12.2. The second kappa shape index (κ2) is 6.31. The Morgan fingerprint density at radius 1 is 0.913 bits per heavy atom. The van der Waals surface area contributed by atoms with Crippen LogP contribution in [-0.2, 0) is 0 Å². The number of halogens is 1. The molecule has 0 unspecified atom stereocenters. The fourth-order valence-corrected chi connectivity index (χ4v) is 2.55. The topological polar surface area (TPSA) is 39.4 Å². The van der Waals surface area contributed by atoms with E-state index in [9.17, 15) is 4.79 Å². The lowest BCUT2D eigenvalue weighted by molar-refractivity contribution is 0.482. The molecule has 0 saturated heterocycles. The van der Waals surface area contributed by atoms with E-state index in [-0.39, 0.29) is 5.43 Å². The number of aryl methyl sites for hydroxylation is 2. The van der Waals surface area contributed by atoms with Crippen LogP contribution in [-0.4, -0.2) is 0 Å². The van der Waals surface area contributed by atoms with Crippen molar-refractivity contribution in [2.75, 3.05) is 0 Å². The lowest BCUT2D eigenvalue weighted by Gasteiger charge is -2.08. The summed E-state index contributed by atoms with van der Waals surface area (Å²) in [6.07, 6.45) is 0. The highest BCUT2D eigenvalue weighted by Gasteiger charge is 2.10. The molecule has 3 aromatic rings. The number of rotatable bonds is 3. The quantitative estimate of drug-likeness (QED) is 0.649. The van der Waals surface area contributed by atoms with Gasteiger partial charge in [0.1, 0.15) is 23.0 Å². The Bertz CT molecular complexity index is 878. The lowest BCUT2D eigenvalue weighted by atomic mass is 10.0. The minimum atomic E-state index is -0.0439. The number of hydrogen-bond donors (Lipinski definition) is 0. The summed E-state index contributed by atoms with van der Waals surface area (Å²) in [4.78, 5) is 12.2. The summed E-state index contributed by atoms with van der Waals surface area (Å²) in [5.41, 5.74) is 1.34. The first-order valence-electron chi connectivity index (χ1n) is 7.18. The summed E-state index contributed by atoms with van der Waals surface area (Å²) in [6, 6.07) is 16.0. The van der Waals surface area contributed by atoms with Crippen molar-refractivity contribution >= 4 is 11.6 Å². The summed E-state index contributed by atoms with van der Waals surface area (Å²) in [6.45, 7) is 3.56. The molecule has 0 saturated carbocycles. The lowest BCUT2D eigenvalue weighted by Crippen LogP contribution is -2.06. The van der Waals surface area contributed by atoms with Crippen LogP contribution in [0.1, 0.15) is 11.5 Å². The smallest absolute Gasteiger partial charge is 0.193 e. The van der Waals surface area contributed by atoms with E-state index in [0.29, 0.717) is 33.6 Å². The maximum absolute atomic E-state index is 12.2. The highest BCUT2D eigenvalue weighted by atomic mass is 35.5. The van der Waals surface area contributed by atoms with Crippen LogP contribution in [0.25, 0.3) is 11.1 Å². The molecule has 1 heterocycles. The molecule has 4 heteroatoms. The van der Waals surface area contributed by atoms with Crippen LogP contribution >= 0.6 is 11.6 Å². The molecule has 3 rings (SSSR count). The first-order valence-corrected chi connectivity index (χ1v) is 7.56. The van der Waals surface area contributed by atoms with Crippen molar-refractivity contribution in [2.24, 2.45) is 0 Å². The van der Waals surface area contributed by atoms with Crippen LogP contribution in [0.4, 0.5) is 0 Å². The van der Waals surface area contributed by atoms with Gasteiger partial charge in [-0.25, -0.2) is 0 Å². The molecular weight excluding hydrogens is 312 g/mol. The number of hydrogen-bond acceptors (Lipinski definition) is 3. The van der Waals surface area contributed by atoms with Gasteiger partial charge < -0.3 is 9.15 Å². The molecule has 116 valence electrons. The molecule has 0 spiro atoms. The van der Waals surface area contributed by atoms with Crippen molar-refractivity contribution in [3.05, 3.63) is 81.4 Å². The third-order valence-corrected chi connectivity index (χ3v) is 3.69. The minimum Gasteiger partial charge on any atom is -0.466 e. The van der Waals surface area contributed by atoms with E-state index in [1.165, 1.54) is 6.07 Å². The van der Waals surface area contributed by atoms with Gasteiger partial charge in [-0.1, -0.05) is 23.7 Å². The predicted octanol–water partition coefficient (Wildman–Crippen LogP) is 5.37.